The molecule has 0 saturated heterocycles. The summed E-state index contributed by atoms with van der Waals surface area (Å²) in [5, 5.41) is 25.6. The van der Waals surface area contributed by atoms with E-state index in [1.807, 2.05) is 58.0 Å². The van der Waals surface area contributed by atoms with Gasteiger partial charge in [0.05, 0.1) is 6.61 Å². The number of benzene rings is 3. The van der Waals surface area contributed by atoms with Crippen LogP contribution in [0, 0.1) is 27.7 Å². The van der Waals surface area contributed by atoms with Gasteiger partial charge in [-0.3, -0.25) is 9.59 Å². The number of para-hydroxylation sites is 1. The molecule has 43 heavy (non-hydrogen) atoms. The summed E-state index contributed by atoms with van der Waals surface area (Å²) in [4.78, 5) is 42.7. The number of ether oxygens (including phenoxy) is 1. The Morgan fingerprint density at radius 3 is 2.07 bits per heavy atom. The molecule has 3 aromatic carbocycles. The molecule has 0 spiro atoms. The van der Waals surface area contributed by atoms with Crippen LogP contribution < -0.4 is 10.6 Å². The number of aliphatic hydroxyl groups is 1. The molecule has 9 nitrogen and oxygen atoms in total. The van der Waals surface area contributed by atoms with E-state index in [0.29, 0.717) is 16.8 Å². The molecule has 3 rings (SSSR count). The van der Waals surface area contributed by atoms with Crippen molar-refractivity contribution in [3.63, 3.8) is 0 Å². The molecule has 3 aromatic rings. The van der Waals surface area contributed by atoms with E-state index in [4.69, 9.17) is 4.74 Å². The van der Waals surface area contributed by atoms with Crippen LogP contribution in [-0.4, -0.2) is 57.8 Å². The Morgan fingerprint density at radius 1 is 0.884 bits per heavy atom. The number of aromatic hydroxyl groups is 1. The van der Waals surface area contributed by atoms with Gasteiger partial charge in [-0.05, 0) is 94.0 Å². The number of phenols is 1. The summed E-state index contributed by atoms with van der Waals surface area (Å²) >= 11 is 0. The normalized spacial score (nSPS) is 12.7. The maximum absolute atomic E-state index is 14.4. The van der Waals surface area contributed by atoms with Crippen molar-refractivity contribution in [3.05, 3.63) is 94.0 Å². The third kappa shape index (κ3) is 9.06. The molecule has 0 fully saturated rings. The Hall–Kier alpha value is -4.37. The van der Waals surface area contributed by atoms with Gasteiger partial charge in [0.1, 0.15) is 23.4 Å². The van der Waals surface area contributed by atoms with Crippen molar-refractivity contribution in [1.82, 2.24) is 10.2 Å². The molecule has 0 saturated carbocycles. The van der Waals surface area contributed by atoms with Gasteiger partial charge in [0, 0.05) is 18.7 Å². The zero-order valence-electron chi connectivity index (χ0n) is 26.0. The predicted octanol–water partition coefficient (Wildman–Crippen LogP) is 5.26. The van der Waals surface area contributed by atoms with Gasteiger partial charge in [0.2, 0.25) is 5.91 Å². The Balaban J connectivity index is 2.09. The number of carbonyl (C=O) groups is 3. The maximum atomic E-state index is 14.4. The van der Waals surface area contributed by atoms with Crippen molar-refractivity contribution in [3.8, 4) is 5.75 Å². The van der Waals surface area contributed by atoms with Gasteiger partial charge in [0.15, 0.2) is 0 Å². The van der Waals surface area contributed by atoms with Crippen LogP contribution in [0.15, 0.2) is 60.7 Å². The van der Waals surface area contributed by atoms with Crippen LogP contribution in [-0.2, 0) is 20.7 Å². The van der Waals surface area contributed by atoms with Gasteiger partial charge in [0.25, 0.3) is 5.91 Å². The first-order valence-electron chi connectivity index (χ1n) is 14.3. The van der Waals surface area contributed by atoms with E-state index >= 15 is 0 Å². The average molecular weight is 590 g/mol. The van der Waals surface area contributed by atoms with Crippen molar-refractivity contribution in [2.75, 3.05) is 18.5 Å². The zero-order chi connectivity index (χ0) is 31.9. The second-order valence-electron chi connectivity index (χ2n) is 11.8. The lowest BCUT2D eigenvalue weighted by molar-refractivity contribution is -0.141. The van der Waals surface area contributed by atoms with Gasteiger partial charge in [-0.25, -0.2) is 4.79 Å². The average Bonchev–Trinajstić information content (AvgIpc) is 2.92. The first-order chi connectivity index (χ1) is 20.2. The zero-order valence-corrected chi connectivity index (χ0v) is 26.0. The van der Waals surface area contributed by atoms with Gasteiger partial charge >= 0.3 is 6.09 Å². The number of aliphatic hydroxyl groups excluding tert-OH is 1. The molecular formula is C34H43N3O6. The van der Waals surface area contributed by atoms with Gasteiger partial charge in [-0.15, -0.1) is 0 Å². The topological polar surface area (TPSA) is 128 Å². The quantitative estimate of drug-likeness (QED) is 0.255. The number of anilines is 1. The highest BCUT2D eigenvalue weighted by Gasteiger charge is 2.36. The van der Waals surface area contributed by atoms with Crippen LogP contribution in [0.2, 0.25) is 0 Å². The molecule has 2 atom stereocenters. The molecule has 0 aromatic heterocycles. The summed E-state index contributed by atoms with van der Waals surface area (Å²) < 4.78 is 5.45. The highest BCUT2D eigenvalue weighted by molar-refractivity contribution is 6.00. The molecule has 0 heterocycles. The SMILES string of the molecule is Cc1ccc(C(C(=O)Nc2c(C)cccc2C)N(CCO)C(=O)C(Cc2ccc(O)cc2)NC(=O)OC(C)(C)C)cc1C. The third-order valence-corrected chi connectivity index (χ3v) is 7.13. The minimum Gasteiger partial charge on any atom is -0.508 e. The fourth-order valence-corrected chi connectivity index (χ4v) is 4.80. The molecule has 4 N–H and O–H groups in total. The molecule has 0 aliphatic rings. The lowest BCUT2D eigenvalue weighted by Gasteiger charge is -2.34. The maximum Gasteiger partial charge on any atom is 0.408 e. The largest absolute Gasteiger partial charge is 0.508 e. The van der Waals surface area contributed by atoms with Crippen LogP contribution in [0.1, 0.15) is 60.2 Å². The highest BCUT2D eigenvalue weighted by Crippen LogP contribution is 2.28. The van der Waals surface area contributed by atoms with Crippen LogP contribution in [0.25, 0.3) is 0 Å². The van der Waals surface area contributed by atoms with Crippen LogP contribution in [0.5, 0.6) is 5.75 Å². The number of hydrogen-bond acceptors (Lipinski definition) is 6. The number of rotatable bonds is 10. The molecule has 9 heteroatoms. The van der Waals surface area contributed by atoms with E-state index in [9.17, 15) is 24.6 Å². The highest BCUT2D eigenvalue weighted by atomic mass is 16.6. The molecule has 230 valence electrons. The molecule has 2 unspecified atom stereocenters. The molecule has 0 radical (unpaired) electrons. The van der Waals surface area contributed by atoms with Gasteiger partial charge in [-0.1, -0.05) is 48.5 Å². The molecule has 0 bridgehead atoms. The molecule has 0 aliphatic carbocycles. The number of aryl methyl sites for hydroxylation is 4. The first kappa shape index (κ1) is 33.1. The van der Waals surface area contributed by atoms with Gasteiger partial charge < -0.3 is 30.5 Å². The number of amides is 3. The van der Waals surface area contributed by atoms with Crippen LogP contribution in [0.4, 0.5) is 10.5 Å². The number of alkyl carbamates (subject to hydrolysis) is 1. The lowest BCUT2D eigenvalue weighted by atomic mass is 9.97. The number of nitrogens with one attached hydrogen (secondary N) is 2. The summed E-state index contributed by atoms with van der Waals surface area (Å²) in [5.74, 6) is -0.970. The Morgan fingerprint density at radius 2 is 1.51 bits per heavy atom. The van der Waals surface area contributed by atoms with Crippen LogP contribution >= 0.6 is 0 Å². The fourth-order valence-electron chi connectivity index (χ4n) is 4.80. The Kier molecular flexibility index (Phi) is 10.9. The minimum absolute atomic E-state index is 0.0540. The van der Waals surface area contributed by atoms with Crippen LogP contribution in [0.3, 0.4) is 0 Å². The first-order valence-corrected chi connectivity index (χ1v) is 14.3. The Bertz CT molecular complexity index is 1430. The van der Waals surface area contributed by atoms with Crippen molar-refractivity contribution in [2.45, 2.75) is 72.6 Å². The summed E-state index contributed by atoms with van der Waals surface area (Å²) in [7, 11) is 0. The van der Waals surface area contributed by atoms with E-state index < -0.39 is 42.2 Å². The number of carbonyl (C=O) groups excluding carboxylic acids is 3. The van der Waals surface area contributed by atoms with Crippen molar-refractivity contribution in [2.24, 2.45) is 0 Å². The second kappa shape index (κ2) is 14.2. The summed E-state index contributed by atoms with van der Waals surface area (Å²) in [6, 6.07) is 15.2. The monoisotopic (exact) mass is 589 g/mol. The fraction of sp³-hybridized carbons (Fsp3) is 0.382. The summed E-state index contributed by atoms with van der Waals surface area (Å²) in [6.45, 7) is 12.2. The molecule has 3 amide bonds. The third-order valence-electron chi connectivity index (χ3n) is 7.13. The standard InChI is InChI=1S/C34H43N3O6/c1-21-11-14-26(19-24(21)4)30(31(40)36-29-22(2)9-8-10-23(29)3)37(17-18-38)32(41)28(35-33(42)43-34(5,6)7)20-25-12-15-27(39)16-13-25/h8-16,19,28,30,38-39H,17-18,20H2,1-7H3,(H,35,42)(H,36,40). The van der Waals surface area contributed by atoms with Crippen molar-refractivity contribution < 1.29 is 29.3 Å². The van der Waals surface area contributed by atoms with Crippen molar-refractivity contribution >= 4 is 23.6 Å². The van der Waals surface area contributed by atoms with Gasteiger partial charge in [-0.2, -0.15) is 0 Å². The van der Waals surface area contributed by atoms with E-state index in [1.165, 1.54) is 17.0 Å². The molecule has 0 aliphatic heterocycles. The summed E-state index contributed by atoms with van der Waals surface area (Å²) in [6.07, 6.45) is -0.741. The van der Waals surface area contributed by atoms with E-state index in [2.05, 4.69) is 10.6 Å². The second-order valence-corrected chi connectivity index (χ2v) is 11.8. The van der Waals surface area contributed by atoms with Crippen molar-refractivity contribution in [1.29, 1.82) is 0 Å². The smallest absolute Gasteiger partial charge is 0.408 e. The lowest BCUT2D eigenvalue weighted by Crippen LogP contribution is -2.54. The number of phenolic OH excluding ortho intramolecular Hbond substituents is 1. The predicted molar refractivity (Wildman–Crippen MR) is 167 cm³/mol. The van der Waals surface area contributed by atoms with E-state index in [0.717, 1.165) is 22.3 Å². The number of nitrogens with zero attached hydrogens (tertiary/aromatic N) is 1. The molecular weight excluding hydrogens is 546 g/mol. The Labute approximate surface area is 253 Å². The van der Waals surface area contributed by atoms with E-state index in [-0.39, 0.29) is 18.7 Å². The minimum atomic E-state index is -1.15. The number of hydrogen-bond donors (Lipinski definition) is 4. The van der Waals surface area contributed by atoms with E-state index in [1.54, 1.807) is 39.0 Å². The summed E-state index contributed by atoms with van der Waals surface area (Å²) in [5.41, 5.74) is 4.75.